The Morgan fingerprint density at radius 2 is 1.57 bits per heavy atom. The maximum atomic E-state index is 12.8. The second-order valence-corrected chi connectivity index (χ2v) is 6.68. The Morgan fingerprint density at radius 1 is 1.00 bits per heavy atom. The highest BCUT2D eigenvalue weighted by Crippen LogP contribution is 2.17. The molecule has 0 aliphatic rings. The summed E-state index contributed by atoms with van der Waals surface area (Å²) in [4.78, 5) is 2.05. The molecule has 2 rings (SSSR count). The van der Waals surface area contributed by atoms with E-state index in [2.05, 4.69) is 4.72 Å². The number of halogens is 1. The molecule has 1 N–H and O–H groups in total. The van der Waals surface area contributed by atoms with Gasteiger partial charge in [-0.3, -0.25) is 4.72 Å². The topological polar surface area (TPSA) is 49.4 Å². The highest BCUT2D eigenvalue weighted by molar-refractivity contribution is 7.92. The summed E-state index contributed by atoms with van der Waals surface area (Å²) in [5, 5.41) is 0. The van der Waals surface area contributed by atoms with E-state index in [1.165, 1.54) is 12.1 Å². The number of rotatable bonds is 5. The monoisotopic (exact) mass is 308 g/mol. The van der Waals surface area contributed by atoms with Crippen LogP contribution in [0, 0.1) is 5.82 Å². The van der Waals surface area contributed by atoms with Crippen molar-refractivity contribution in [2.24, 2.45) is 0 Å². The van der Waals surface area contributed by atoms with Gasteiger partial charge in [0.25, 0.3) is 10.0 Å². The highest BCUT2D eigenvalue weighted by Gasteiger charge is 2.13. The van der Waals surface area contributed by atoms with Crippen molar-refractivity contribution in [2.45, 2.75) is 11.4 Å². The van der Waals surface area contributed by atoms with Crippen LogP contribution in [0.5, 0.6) is 0 Å². The molecule has 0 atom stereocenters. The van der Waals surface area contributed by atoms with Gasteiger partial charge in [-0.15, -0.1) is 0 Å². The van der Waals surface area contributed by atoms with E-state index in [1.54, 1.807) is 12.1 Å². The molecule has 0 bridgehead atoms. The fourth-order valence-corrected chi connectivity index (χ4v) is 2.93. The Kier molecular flexibility index (Phi) is 4.59. The normalized spacial score (nSPS) is 11.6. The van der Waals surface area contributed by atoms with Crippen LogP contribution in [0.4, 0.5) is 10.1 Å². The molecule has 0 radical (unpaired) electrons. The Bertz CT molecular complexity index is 695. The molecule has 0 amide bonds. The van der Waals surface area contributed by atoms with E-state index in [1.807, 2.05) is 31.1 Å². The van der Waals surface area contributed by atoms with E-state index in [-0.39, 0.29) is 4.90 Å². The van der Waals surface area contributed by atoms with Gasteiger partial charge in [0.05, 0.1) is 4.90 Å². The summed E-state index contributed by atoms with van der Waals surface area (Å²) in [6.07, 6.45) is 0. The van der Waals surface area contributed by atoms with Crippen molar-refractivity contribution in [3.63, 3.8) is 0 Å². The van der Waals surface area contributed by atoms with E-state index in [9.17, 15) is 12.8 Å². The average molecular weight is 308 g/mol. The third kappa shape index (κ3) is 4.27. The summed E-state index contributed by atoms with van der Waals surface area (Å²) < 4.78 is 39.6. The Morgan fingerprint density at radius 3 is 2.10 bits per heavy atom. The van der Waals surface area contributed by atoms with Crippen molar-refractivity contribution in [2.75, 3.05) is 18.8 Å². The quantitative estimate of drug-likeness (QED) is 0.924. The van der Waals surface area contributed by atoms with Gasteiger partial charge in [-0.1, -0.05) is 12.1 Å². The van der Waals surface area contributed by atoms with Crippen molar-refractivity contribution < 1.29 is 12.8 Å². The largest absolute Gasteiger partial charge is 0.305 e. The first kappa shape index (κ1) is 15.5. The summed E-state index contributed by atoms with van der Waals surface area (Å²) in [5.74, 6) is -0.470. The van der Waals surface area contributed by atoms with Gasteiger partial charge in [-0.25, -0.2) is 12.8 Å². The van der Waals surface area contributed by atoms with Gasteiger partial charge in [0, 0.05) is 12.2 Å². The summed E-state index contributed by atoms with van der Waals surface area (Å²) in [5.41, 5.74) is 1.56. The molecule has 2 aromatic carbocycles. The fraction of sp³-hybridized carbons (Fsp3) is 0.200. The Balaban J connectivity index is 2.15. The molecule has 0 saturated heterocycles. The van der Waals surface area contributed by atoms with Gasteiger partial charge in [-0.2, -0.15) is 0 Å². The second kappa shape index (κ2) is 6.24. The Hall–Kier alpha value is -1.92. The van der Waals surface area contributed by atoms with Crippen LogP contribution in [0.25, 0.3) is 0 Å². The maximum absolute atomic E-state index is 12.8. The Labute approximate surface area is 124 Å². The van der Waals surface area contributed by atoms with Crippen LogP contribution in [0.3, 0.4) is 0 Å². The van der Waals surface area contributed by atoms with Gasteiger partial charge in [0.15, 0.2) is 0 Å². The molecule has 2 aromatic rings. The van der Waals surface area contributed by atoms with Crippen LogP contribution in [0.1, 0.15) is 5.56 Å². The first-order chi connectivity index (χ1) is 9.87. The molecule has 0 fully saturated rings. The number of benzene rings is 2. The molecule has 0 spiro atoms. The molecule has 4 nitrogen and oxygen atoms in total. The second-order valence-electron chi connectivity index (χ2n) is 4.99. The van der Waals surface area contributed by atoms with Gasteiger partial charge < -0.3 is 4.90 Å². The van der Waals surface area contributed by atoms with E-state index in [4.69, 9.17) is 0 Å². The molecular weight excluding hydrogens is 291 g/mol. The lowest BCUT2D eigenvalue weighted by atomic mass is 10.2. The molecule has 0 aliphatic carbocycles. The number of anilines is 1. The first-order valence-electron chi connectivity index (χ1n) is 6.39. The number of hydrogen-bond donors (Lipinski definition) is 1. The first-order valence-corrected chi connectivity index (χ1v) is 7.87. The zero-order chi connectivity index (χ0) is 15.5. The molecule has 0 heterocycles. The van der Waals surface area contributed by atoms with Crippen LogP contribution in [0.2, 0.25) is 0 Å². The zero-order valence-corrected chi connectivity index (χ0v) is 12.7. The van der Waals surface area contributed by atoms with Crippen molar-refractivity contribution in [3.05, 3.63) is 59.9 Å². The van der Waals surface area contributed by atoms with Crippen LogP contribution in [-0.2, 0) is 16.6 Å². The lowest BCUT2D eigenvalue weighted by Crippen LogP contribution is -2.13. The number of sulfonamides is 1. The van der Waals surface area contributed by atoms with Crippen molar-refractivity contribution in [1.29, 1.82) is 0 Å². The summed E-state index contributed by atoms with van der Waals surface area (Å²) in [7, 11) is 0.234. The van der Waals surface area contributed by atoms with E-state index >= 15 is 0 Å². The van der Waals surface area contributed by atoms with E-state index in [0.717, 1.165) is 24.2 Å². The van der Waals surface area contributed by atoms with Crippen molar-refractivity contribution in [3.8, 4) is 0 Å². The fourth-order valence-electron chi connectivity index (χ4n) is 1.87. The zero-order valence-electron chi connectivity index (χ0n) is 11.9. The number of nitrogens with zero attached hydrogens (tertiary/aromatic N) is 1. The summed E-state index contributed by atoms with van der Waals surface area (Å²) in [6.45, 7) is 0.783. The molecule has 0 saturated carbocycles. The number of nitrogens with one attached hydrogen (secondary N) is 1. The van der Waals surface area contributed by atoms with E-state index < -0.39 is 15.8 Å². The SMILES string of the molecule is CN(C)Cc1ccc(NS(=O)(=O)c2ccc(F)cc2)cc1. The predicted molar refractivity (Wildman–Crippen MR) is 81.0 cm³/mol. The van der Waals surface area contributed by atoms with Gasteiger partial charge in [-0.05, 0) is 56.1 Å². The van der Waals surface area contributed by atoms with E-state index in [0.29, 0.717) is 5.69 Å². The van der Waals surface area contributed by atoms with Crippen LogP contribution < -0.4 is 4.72 Å². The summed E-state index contributed by atoms with van der Waals surface area (Å²) >= 11 is 0. The average Bonchev–Trinajstić information content (AvgIpc) is 2.40. The molecular formula is C15H17FN2O2S. The smallest absolute Gasteiger partial charge is 0.261 e. The maximum Gasteiger partial charge on any atom is 0.261 e. The molecule has 0 unspecified atom stereocenters. The third-order valence-electron chi connectivity index (χ3n) is 2.83. The lowest BCUT2D eigenvalue weighted by Gasteiger charge is -2.11. The lowest BCUT2D eigenvalue weighted by molar-refractivity contribution is 0.402. The number of hydrogen-bond acceptors (Lipinski definition) is 3. The minimum absolute atomic E-state index is 0.0290. The van der Waals surface area contributed by atoms with Gasteiger partial charge in [0.2, 0.25) is 0 Å². The minimum atomic E-state index is -3.69. The molecule has 112 valence electrons. The minimum Gasteiger partial charge on any atom is -0.305 e. The van der Waals surface area contributed by atoms with Crippen LogP contribution in [0.15, 0.2) is 53.4 Å². The van der Waals surface area contributed by atoms with Crippen molar-refractivity contribution >= 4 is 15.7 Å². The molecule has 0 aliphatic heterocycles. The van der Waals surface area contributed by atoms with Crippen LogP contribution >= 0.6 is 0 Å². The molecule has 21 heavy (non-hydrogen) atoms. The standard InChI is InChI=1S/C15H17FN2O2S/c1-18(2)11-12-3-7-14(8-4-12)17-21(19,20)15-9-5-13(16)6-10-15/h3-10,17H,11H2,1-2H3. The molecule has 6 heteroatoms. The molecule has 0 aromatic heterocycles. The van der Waals surface area contributed by atoms with Gasteiger partial charge >= 0.3 is 0 Å². The third-order valence-corrected chi connectivity index (χ3v) is 4.23. The van der Waals surface area contributed by atoms with Crippen LogP contribution in [-0.4, -0.2) is 27.4 Å². The van der Waals surface area contributed by atoms with Crippen molar-refractivity contribution in [1.82, 2.24) is 4.90 Å². The highest BCUT2D eigenvalue weighted by atomic mass is 32.2. The van der Waals surface area contributed by atoms with Gasteiger partial charge in [0.1, 0.15) is 5.82 Å². The summed E-state index contributed by atoms with van der Waals surface area (Å²) in [6, 6.07) is 11.9. The predicted octanol–water partition coefficient (Wildman–Crippen LogP) is 2.69.